The summed E-state index contributed by atoms with van der Waals surface area (Å²) in [5.41, 5.74) is -0.0887. The van der Waals surface area contributed by atoms with Gasteiger partial charge in [0.2, 0.25) is 0 Å². The van der Waals surface area contributed by atoms with E-state index < -0.39 is 22.5 Å². The van der Waals surface area contributed by atoms with Gasteiger partial charge in [-0.15, -0.1) is 0 Å². The summed E-state index contributed by atoms with van der Waals surface area (Å²) in [5.74, 6) is -1.73. The Morgan fingerprint density at radius 3 is 2.27 bits per heavy atom. The molecule has 0 saturated heterocycles. The Morgan fingerprint density at radius 2 is 1.73 bits per heavy atom. The van der Waals surface area contributed by atoms with E-state index in [4.69, 9.17) is 11.6 Å². The summed E-state index contributed by atoms with van der Waals surface area (Å²) in [6.45, 7) is 4.76. The second-order valence-corrected chi connectivity index (χ2v) is 6.55. The maximum atomic E-state index is 12.6. The van der Waals surface area contributed by atoms with Crippen molar-refractivity contribution in [3.05, 3.63) is 68.2 Å². The van der Waals surface area contributed by atoms with E-state index in [1.165, 1.54) is 24.3 Å². The molecule has 0 spiro atoms. The SMILES string of the molecule is CCN(CC)C(=O)c1ccc(NC(=O)c2cc(C(=O)OC)cc([N+](=O)[O-])c2)cc1Cl. The van der Waals surface area contributed by atoms with Crippen molar-refractivity contribution in [2.45, 2.75) is 13.8 Å². The fourth-order valence-electron chi connectivity index (χ4n) is 2.73. The number of nitro groups is 1. The number of non-ortho nitro benzene ring substituents is 1. The van der Waals surface area contributed by atoms with Gasteiger partial charge in [0.25, 0.3) is 17.5 Å². The number of halogens is 1. The van der Waals surface area contributed by atoms with Crippen molar-refractivity contribution in [2.75, 3.05) is 25.5 Å². The zero-order valence-corrected chi connectivity index (χ0v) is 17.4. The van der Waals surface area contributed by atoms with Crippen LogP contribution in [-0.2, 0) is 4.74 Å². The third-order valence-electron chi connectivity index (χ3n) is 4.32. The quantitative estimate of drug-likeness (QED) is 0.403. The third-order valence-corrected chi connectivity index (χ3v) is 4.63. The van der Waals surface area contributed by atoms with Crippen LogP contribution in [0.5, 0.6) is 0 Å². The first-order chi connectivity index (χ1) is 14.2. The number of rotatable bonds is 7. The molecule has 0 heterocycles. The van der Waals surface area contributed by atoms with Gasteiger partial charge < -0.3 is 15.0 Å². The summed E-state index contributed by atoms with van der Waals surface area (Å²) < 4.78 is 4.57. The maximum absolute atomic E-state index is 12.6. The summed E-state index contributed by atoms with van der Waals surface area (Å²) in [5, 5.41) is 13.8. The normalized spacial score (nSPS) is 10.3. The predicted octanol–water partition coefficient (Wildman–Crippen LogP) is 3.77. The number of hydrogen-bond acceptors (Lipinski definition) is 6. The summed E-state index contributed by atoms with van der Waals surface area (Å²) in [6, 6.07) is 7.66. The van der Waals surface area contributed by atoms with Gasteiger partial charge in [-0.2, -0.15) is 0 Å². The van der Waals surface area contributed by atoms with Crippen molar-refractivity contribution in [3.8, 4) is 0 Å². The van der Waals surface area contributed by atoms with Crippen LogP contribution in [0.15, 0.2) is 36.4 Å². The summed E-state index contributed by atoms with van der Waals surface area (Å²) in [6.07, 6.45) is 0. The van der Waals surface area contributed by atoms with Crippen LogP contribution in [0.2, 0.25) is 5.02 Å². The highest BCUT2D eigenvalue weighted by Crippen LogP contribution is 2.24. The first-order valence-electron chi connectivity index (χ1n) is 8.99. The van der Waals surface area contributed by atoms with Crippen LogP contribution in [-0.4, -0.2) is 47.8 Å². The summed E-state index contributed by atoms with van der Waals surface area (Å²) in [4.78, 5) is 48.8. The molecule has 0 aliphatic heterocycles. The minimum Gasteiger partial charge on any atom is -0.465 e. The molecule has 0 atom stereocenters. The molecule has 0 radical (unpaired) electrons. The molecule has 0 unspecified atom stereocenters. The molecule has 30 heavy (non-hydrogen) atoms. The van der Waals surface area contributed by atoms with Gasteiger partial charge in [-0.05, 0) is 38.1 Å². The lowest BCUT2D eigenvalue weighted by molar-refractivity contribution is -0.384. The first kappa shape index (κ1) is 22.8. The lowest BCUT2D eigenvalue weighted by atomic mass is 10.1. The molecule has 0 aliphatic rings. The number of methoxy groups -OCH3 is 1. The standard InChI is InChI=1S/C20H20ClN3O6/c1-4-23(5-2)19(26)16-7-6-14(11-17(16)21)22-18(25)12-8-13(20(27)30-3)10-15(9-12)24(28)29/h6-11H,4-5H2,1-3H3,(H,22,25). The molecule has 158 valence electrons. The second kappa shape index (κ2) is 9.84. The molecule has 0 aliphatic carbocycles. The number of nitrogens with one attached hydrogen (secondary N) is 1. The number of nitrogens with zero attached hydrogens (tertiary/aromatic N) is 2. The van der Waals surface area contributed by atoms with Crippen LogP contribution in [0.3, 0.4) is 0 Å². The van der Waals surface area contributed by atoms with Crippen molar-refractivity contribution in [2.24, 2.45) is 0 Å². The Kier molecular flexibility index (Phi) is 7.48. The summed E-state index contributed by atoms with van der Waals surface area (Å²) >= 11 is 6.21. The Hall–Kier alpha value is -3.46. The van der Waals surface area contributed by atoms with Crippen molar-refractivity contribution >= 4 is 40.8 Å². The molecule has 9 nitrogen and oxygen atoms in total. The largest absolute Gasteiger partial charge is 0.465 e. The van der Waals surface area contributed by atoms with Gasteiger partial charge in [-0.1, -0.05) is 11.6 Å². The lowest BCUT2D eigenvalue weighted by Crippen LogP contribution is -2.30. The molecule has 0 saturated carbocycles. The maximum Gasteiger partial charge on any atom is 0.338 e. The lowest BCUT2D eigenvalue weighted by Gasteiger charge is -2.19. The van der Waals surface area contributed by atoms with Crippen LogP contribution in [0.25, 0.3) is 0 Å². The highest BCUT2D eigenvalue weighted by atomic mass is 35.5. The monoisotopic (exact) mass is 433 g/mol. The Bertz CT molecular complexity index is 1000. The Balaban J connectivity index is 2.31. The molecule has 1 N–H and O–H groups in total. The molecular formula is C20H20ClN3O6. The summed E-state index contributed by atoms with van der Waals surface area (Å²) in [7, 11) is 1.13. The van der Waals surface area contributed by atoms with Crippen molar-refractivity contribution < 1.29 is 24.0 Å². The van der Waals surface area contributed by atoms with Crippen LogP contribution in [0.1, 0.15) is 44.9 Å². The van der Waals surface area contributed by atoms with Crippen molar-refractivity contribution in [3.63, 3.8) is 0 Å². The van der Waals surface area contributed by atoms with Gasteiger partial charge in [0.05, 0.1) is 28.2 Å². The highest BCUT2D eigenvalue weighted by Gasteiger charge is 2.20. The molecule has 2 rings (SSSR count). The second-order valence-electron chi connectivity index (χ2n) is 6.14. The smallest absolute Gasteiger partial charge is 0.338 e. The number of carbonyl (C=O) groups is 3. The highest BCUT2D eigenvalue weighted by molar-refractivity contribution is 6.34. The van der Waals surface area contributed by atoms with Crippen LogP contribution < -0.4 is 5.32 Å². The van der Waals surface area contributed by atoms with E-state index in [0.29, 0.717) is 18.7 Å². The van der Waals surface area contributed by atoms with Crippen molar-refractivity contribution in [1.82, 2.24) is 4.90 Å². The zero-order valence-electron chi connectivity index (χ0n) is 16.6. The average molecular weight is 434 g/mol. The van der Waals surface area contributed by atoms with Gasteiger partial charge in [-0.3, -0.25) is 19.7 Å². The Morgan fingerprint density at radius 1 is 1.10 bits per heavy atom. The number of anilines is 1. The van der Waals surface area contributed by atoms with Crippen molar-refractivity contribution in [1.29, 1.82) is 0 Å². The van der Waals surface area contributed by atoms with E-state index >= 15 is 0 Å². The van der Waals surface area contributed by atoms with Gasteiger partial charge in [0.1, 0.15) is 0 Å². The van der Waals surface area contributed by atoms with Gasteiger partial charge in [-0.25, -0.2) is 4.79 Å². The molecule has 0 aromatic heterocycles. The van der Waals surface area contributed by atoms with Gasteiger partial charge >= 0.3 is 5.97 Å². The predicted molar refractivity (Wildman–Crippen MR) is 111 cm³/mol. The third kappa shape index (κ3) is 5.12. The van der Waals surface area contributed by atoms with Crippen LogP contribution in [0, 0.1) is 10.1 Å². The number of carbonyl (C=O) groups excluding carboxylic acids is 3. The van der Waals surface area contributed by atoms with E-state index in [1.54, 1.807) is 4.90 Å². The number of hydrogen-bond donors (Lipinski definition) is 1. The molecule has 2 aromatic carbocycles. The fourth-order valence-corrected chi connectivity index (χ4v) is 3.00. The van der Waals surface area contributed by atoms with Crippen LogP contribution >= 0.6 is 11.6 Å². The number of amides is 2. The van der Waals surface area contributed by atoms with Crippen LogP contribution in [0.4, 0.5) is 11.4 Å². The Labute approximate surface area is 177 Å². The topological polar surface area (TPSA) is 119 Å². The molecule has 2 aromatic rings. The molecule has 10 heteroatoms. The van der Waals surface area contributed by atoms with E-state index in [2.05, 4.69) is 10.1 Å². The number of esters is 1. The fraction of sp³-hybridized carbons (Fsp3) is 0.250. The van der Waals surface area contributed by atoms with E-state index in [9.17, 15) is 24.5 Å². The van der Waals surface area contributed by atoms with Gasteiger partial charge in [0.15, 0.2) is 0 Å². The number of nitro benzene ring substituents is 1. The molecular weight excluding hydrogens is 414 g/mol. The number of benzene rings is 2. The molecule has 0 bridgehead atoms. The van der Waals surface area contributed by atoms with Gasteiger partial charge in [0, 0.05) is 36.5 Å². The van der Waals surface area contributed by atoms with E-state index in [0.717, 1.165) is 19.2 Å². The average Bonchev–Trinajstić information content (AvgIpc) is 2.73. The number of ether oxygens (including phenoxy) is 1. The first-order valence-corrected chi connectivity index (χ1v) is 9.37. The minimum absolute atomic E-state index is 0.107. The van der Waals surface area contributed by atoms with E-state index in [-0.39, 0.29) is 27.7 Å². The molecule has 2 amide bonds. The molecule has 0 fully saturated rings. The van der Waals surface area contributed by atoms with E-state index in [1.807, 2.05) is 13.8 Å². The zero-order chi connectivity index (χ0) is 22.4. The minimum atomic E-state index is -0.810.